The van der Waals surface area contributed by atoms with Crippen LogP contribution in [-0.2, 0) is 28.4 Å². The molecule has 48 heavy (non-hydrogen) atoms. The van der Waals surface area contributed by atoms with Gasteiger partial charge in [-0.05, 0) is 89.4 Å². The van der Waals surface area contributed by atoms with Crippen molar-refractivity contribution in [1.29, 1.82) is 0 Å². The van der Waals surface area contributed by atoms with Crippen LogP contribution in [0, 0.1) is 16.6 Å². The Balaban J connectivity index is 0.000000214. The lowest BCUT2D eigenvalue weighted by molar-refractivity contribution is -0.170. The highest BCUT2D eigenvalue weighted by Gasteiger charge is 2.34. The molecule has 5 atom stereocenters. The van der Waals surface area contributed by atoms with E-state index < -0.39 is 0 Å². The number of fused-ring (bicyclic) bond motifs is 1. The van der Waals surface area contributed by atoms with Gasteiger partial charge in [-0.25, -0.2) is 4.39 Å². The fourth-order valence-electron chi connectivity index (χ4n) is 7.21. The number of likely N-dealkylation sites (tertiary alicyclic amines) is 1. The number of piperidine rings is 2. The molecule has 274 valence electrons. The van der Waals surface area contributed by atoms with E-state index in [1.165, 1.54) is 44.2 Å². The minimum atomic E-state index is -0.306. The fraction of sp³-hybridized carbons (Fsp3) is 0.838. The molecule has 4 saturated heterocycles. The normalized spacial score (nSPS) is 31.1. The van der Waals surface area contributed by atoms with Crippen molar-refractivity contribution in [3.05, 3.63) is 24.0 Å². The molecule has 5 aliphatic rings. The van der Waals surface area contributed by atoms with Crippen LogP contribution in [-0.4, -0.2) is 116 Å². The first kappa shape index (κ1) is 37.7. The number of ether oxygens (including phenoxy) is 8. The van der Waals surface area contributed by atoms with Crippen LogP contribution in [0.3, 0.4) is 0 Å². The second-order valence-corrected chi connectivity index (χ2v) is 14.8. The van der Waals surface area contributed by atoms with Crippen LogP contribution in [0.5, 0.6) is 11.5 Å². The highest BCUT2D eigenvalue weighted by atomic mass is 19.1. The number of nitrogens with zero attached hydrogens (tertiary/aromatic N) is 1. The Morgan fingerprint density at radius 3 is 2.17 bits per heavy atom. The van der Waals surface area contributed by atoms with E-state index in [0.29, 0.717) is 56.6 Å². The summed E-state index contributed by atoms with van der Waals surface area (Å²) in [6, 6.07) is 4.42. The Hall–Kier alpha value is -1.57. The summed E-state index contributed by atoms with van der Waals surface area (Å²) < 4.78 is 59.4. The van der Waals surface area contributed by atoms with Gasteiger partial charge in [0.05, 0.1) is 39.6 Å². The zero-order chi connectivity index (χ0) is 33.5. The Bertz CT molecular complexity index is 1050. The highest BCUT2D eigenvalue weighted by molar-refractivity contribution is 5.41. The summed E-state index contributed by atoms with van der Waals surface area (Å²) in [6.45, 7) is 15.7. The van der Waals surface area contributed by atoms with Crippen LogP contribution < -0.4 is 14.8 Å². The van der Waals surface area contributed by atoms with E-state index in [9.17, 15) is 4.39 Å². The molecule has 0 saturated carbocycles. The maximum absolute atomic E-state index is 13.5. The number of halogens is 1. The molecule has 1 aromatic rings. The van der Waals surface area contributed by atoms with Crippen molar-refractivity contribution in [3.8, 4) is 11.5 Å². The number of nitrogens with one attached hydrogen (secondary N) is 1. The topological polar surface area (TPSA) is 89.1 Å². The maximum Gasteiger partial charge on any atom is 0.164 e. The first-order valence-electron chi connectivity index (χ1n) is 18.5. The molecule has 0 aromatic heterocycles. The molecule has 0 spiro atoms. The zero-order valence-corrected chi connectivity index (χ0v) is 29.5. The van der Waals surface area contributed by atoms with E-state index in [4.69, 9.17) is 37.9 Å². The number of hydrogen-bond acceptors (Lipinski definition) is 10. The Kier molecular flexibility index (Phi) is 15.5. The van der Waals surface area contributed by atoms with Gasteiger partial charge in [-0.2, -0.15) is 0 Å². The summed E-state index contributed by atoms with van der Waals surface area (Å²) in [5, 5.41) is 3.44. The standard InChI is InChI=1S/C23H34FNO5.C14H27NO3/c1-23(17-26-11-12-28-22-5-2-3-10-27-22)8-4-9-25(16-23)14-19-15-29-20-7-6-18(24)13-21(20)30-19;1-14(6-4-7-15-11-14)12-16-9-10-18-13-5-2-3-8-17-13/h6-7,13,19,22H,2-5,8-12,14-17H2,1H3;13,15H,2-12H2,1H3/t19-,22-,23?;13?,14-/m00/s1. The van der Waals surface area contributed by atoms with Crippen molar-refractivity contribution in [1.82, 2.24) is 10.2 Å². The first-order valence-corrected chi connectivity index (χ1v) is 18.5. The van der Waals surface area contributed by atoms with Crippen LogP contribution >= 0.6 is 0 Å². The van der Waals surface area contributed by atoms with E-state index in [1.54, 1.807) is 6.07 Å². The van der Waals surface area contributed by atoms with Gasteiger partial charge >= 0.3 is 0 Å². The monoisotopic (exact) mass is 680 g/mol. The quantitative estimate of drug-likeness (QED) is 0.252. The minimum absolute atomic E-state index is 0.00860. The van der Waals surface area contributed by atoms with Gasteiger partial charge in [0.25, 0.3) is 0 Å². The number of hydrogen-bond donors (Lipinski definition) is 1. The molecule has 5 heterocycles. The minimum Gasteiger partial charge on any atom is -0.486 e. The molecular formula is C37H61FN2O8. The van der Waals surface area contributed by atoms with E-state index in [2.05, 4.69) is 24.1 Å². The van der Waals surface area contributed by atoms with Gasteiger partial charge in [0.2, 0.25) is 0 Å². The van der Waals surface area contributed by atoms with Crippen LogP contribution in [0.1, 0.15) is 78.1 Å². The molecule has 1 N–H and O–H groups in total. The third-order valence-electron chi connectivity index (χ3n) is 9.87. The van der Waals surface area contributed by atoms with Crippen molar-refractivity contribution in [3.63, 3.8) is 0 Å². The average Bonchev–Trinajstić information content (AvgIpc) is 3.09. The van der Waals surface area contributed by atoms with E-state index >= 15 is 0 Å². The summed E-state index contributed by atoms with van der Waals surface area (Å²) in [4.78, 5) is 2.41. The third kappa shape index (κ3) is 13.0. The van der Waals surface area contributed by atoms with Gasteiger partial charge in [-0.15, -0.1) is 0 Å². The molecule has 1 aromatic carbocycles. The Morgan fingerprint density at radius 1 is 0.833 bits per heavy atom. The molecule has 6 rings (SSSR count). The highest BCUT2D eigenvalue weighted by Crippen LogP contribution is 2.34. The lowest BCUT2D eigenvalue weighted by Crippen LogP contribution is -2.49. The fourth-order valence-corrected chi connectivity index (χ4v) is 7.21. The van der Waals surface area contributed by atoms with E-state index in [1.807, 2.05) is 0 Å². The number of rotatable bonds is 14. The second-order valence-electron chi connectivity index (χ2n) is 14.8. The van der Waals surface area contributed by atoms with Crippen molar-refractivity contribution in [2.45, 2.75) is 96.7 Å². The summed E-state index contributed by atoms with van der Waals surface area (Å²) in [7, 11) is 0. The van der Waals surface area contributed by atoms with Crippen molar-refractivity contribution in [2.24, 2.45) is 10.8 Å². The van der Waals surface area contributed by atoms with Crippen LogP contribution in [0.4, 0.5) is 4.39 Å². The summed E-state index contributed by atoms with van der Waals surface area (Å²) in [6.07, 6.45) is 11.4. The summed E-state index contributed by atoms with van der Waals surface area (Å²) in [5.74, 6) is 0.807. The largest absolute Gasteiger partial charge is 0.486 e. The molecule has 5 aliphatic heterocycles. The molecule has 10 nitrogen and oxygen atoms in total. The molecule has 0 bridgehead atoms. The Morgan fingerprint density at radius 2 is 1.52 bits per heavy atom. The predicted molar refractivity (Wildman–Crippen MR) is 181 cm³/mol. The Labute approximate surface area is 287 Å². The molecule has 0 aliphatic carbocycles. The molecule has 0 radical (unpaired) electrons. The van der Waals surface area contributed by atoms with Gasteiger partial charge < -0.3 is 43.2 Å². The van der Waals surface area contributed by atoms with Gasteiger partial charge in [0, 0.05) is 49.7 Å². The van der Waals surface area contributed by atoms with Crippen LogP contribution in [0.2, 0.25) is 0 Å². The van der Waals surface area contributed by atoms with Gasteiger partial charge in [0.15, 0.2) is 24.1 Å². The van der Waals surface area contributed by atoms with Gasteiger partial charge in [-0.1, -0.05) is 13.8 Å². The van der Waals surface area contributed by atoms with E-state index in [-0.39, 0.29) is 29.9 Å². The lowest BCUT2D eigenvalue weighted by atomic mass is 9.82. The zero-order valence-electron chi connectivity index (χ0n) is 29.5. The SMILES string of the molecule is CC1(COCCO[C@H]2CCCCO2)CCCN(C[C@H]2COc3ccc(F)cc3O2)C1.C[C@]1(COCCOC2CCCCO2)CCCNC1. The van der Waals surface area contributed by atoms with Crippen molar-refractivity contribution in [2.75, 3.05) is 92.2 Å². The van der Waals surface area contributed by atoms with E-state index in [0.717, 1.165) is 84.6 Å². The first-order chi connectivity index (χ1) is 23.4. The molecular weight excluding hydrogens is 619 g/mol. The summed E-state index contributed by atoms with van der Waals surface area (Å²) >= 11 is 0. The second kappa shape index (κ2) is 19.7. The third-order valence-corrected chi connectivity index (χ3v) is 9.87. The molecule has 4 fully saturated rings. The van der Waals surface area contributed by atoms with Crippen molar-refractivity contribution >= 4 is 0 Å². The molecule has 11 heteroatoms. The molecule has 2 unspecified atom stereocenters. The summed E-state index contributed by atoms with van der Waals surface area (Å²) in [5.41, 5.74) is 0.415. The van der Waals surface area contributed by atoms with Crippen molar-refractivity contribution < 1.29 is 42.3 Å². The smallest absolute Gasteiger partial charge is 0.164 e. The number of benzene rings is 1. The van der Waals surface area contributed by atoms with Crippen LogP contribution in [0.15, 0.2) is 18.2 Å². The predicted octanol–water partition coefficient (Wildman–Crippen LogP) is 5.56. The van der Waals surface area contributed by atoms with Crippen LogP contribution in [0.25, 0.3) is 0 Å². The lowest BCUT2D eigenvalue weighted by Gasteiger charge is -2.42. The van der Waals surface area contributed by atoms with Gasteiger partial charge in [-0.3, -0.25) is 4.90 Å². The van der Waals surface area contributed by atoms with Gasteiger partial charge in [0.1, 0.15) is 18.5 Å². The average molecular weight is 681 g/mol. The molecule has 0 amide bonds. The maximum atomic E-state index is 13.5.